The van der Waals surface area contributed by atoms with Crippen molar-refractivity contribution in [3.8, 4) is 0 Å². The lowest BCUT2D eigenvalue weighted by molar-refractivity contribution is 0.434. The van der Waals surface area contributed by atoms with Gasteiger partial charge < -0.3 is 5.01 Å². The largest absolute Gasteiger partial charge is 0.303 e. The van der Waals surface area contributed by atoms with Crippen molar-refractivity contribution < 1.29 is 0 Å². The van der Waals surface area contributed by atoms with Gasteiger partial charge in [-0.15, -0.1) is 0 Å². The van der Waals surface area contributed by atoms with E-state index in [0.717, 1.165) is 0 Å². The van der Waals surface area contributed by atoms with Gasteiger partial charge in [0.25, 0.3) is 0 Å². The highest BCUT2D eigenvalue weighted by molar-refractivity contribution is 5.84. The van der Waals surface area contributed by atoms with Crippen LogP contribution in [-0.2, 0) is 0 Å². The first kappa shape index (κ1) is 8.57. The molecule has 11 heavy (non-hydrogen) atoms. The number of hydrogen-bond acceptors (Lipinski definition) is 2. The molecule has 1 aliphatic rings. The molecule has 0 unspecified atom stereocenters. The van der Waals surface area contributed by atoms with E-state index in [4.69, 9.17) is 0 Å². The highest BCUT2D eigenvalue weighted by Crippen LogP contribution is 2.14. The van der Waals surface area contributed by atoms with Crippen molar-refractivity contribution >= 4 is 5.71 Å². The third-order valence-corrected chi connectivity index (χ3v) is 2.02. The first-order chi connectivity index (χ1) is 5.29. The summed E-state index contributed by atoms with van der Waals surface area (Å²) in [6.07, 6.45) is 7.91. The second kappa shape index (κ2) is 4.37. The van der Waals surface area contributed by atoms with E-state index < -0.39 is 0 Å². The van der Waals surface area contributed by atoms with Gasteiger partial charge in [0, 0.05) is 19.8 Å². The summed E-state index contributed by atoms with van der Waals surface area (Å²) >= 11 is 0. The van der Waals surface area contributed by atoms with E-state index in [1.165, 1.54) is 44.2 Å². The van der Waals surface area contributed by atoms with Crippen LogP contribution in [0.3, 0.4) is 0 Å². The zero-order valence-corrected chi connectivity index (χ0v) is 7.64. The Bertz CT molecular complexity index is 128. The molecular weight excluding hydrogens is 136 g/mol. The van der Waals surface area contributed by atoms with Gasteiger partial charge in [-0.05, 0) is 25.7 Å². The van der Waals surface area contributed by atoms with E-state index in [0.29, 0.717) is 0 Å². The lowest BCUT2D eigenvalue weighted by Gasteiger charge is -2.07. The summed E-state index contributed by atoms with van der Waals surface area (Å²) in [6.45, 7) is 0. The number of rotatable bonds is 1. The molecule has 1 rings (SSSR count). The van der Waals surface area contributed by atoms with Crippen LogP contribution in [0.5, 0.6) is 0 Å². The molecule has 1 fully saturated rings. The SMILES string of the molecule is CN(C)N=C1CCCCCC1. The van der Waals surface area contributed by atoms with Gasteiger partial charge >= 0.3 is 0 Å². The Morgan fingerprint density at radius 1 is 1.00 bits per heavy atom. The predicted molar refractivity (Wildman–Crippen MR) is 48.8 cm³/mol. The predicted octanol–water partition coefficient (Wildman–Crippen LogP) is 2.26. The Hall–Kier alpha value is -0.530. The van der Waals surface area contributed by atoms with E-state index in [1.54, 1.807) is 0 Å². The summed E-state index contributed by atoms with van der Waals surface area (Å²) in [5.41, 5.74) is 1.40. The van der Waals surface area contributed by atoms with Gasteiger partial charge in [-0.1, -0.05) is 12.8 Å². The molecule has 0 atom stereocenters. The van der Waals surface area contributed by atoms with Gasteiger partial charge in [-0.2, -0.15) is 5.10 Å². The maximum Gasteiger partial charge on any atom is 0.0380 e. The Balaban J connectivity index is 2.42. The summed E-state index contributed by atoms with van der Waals surface area (Å²) in [4.78, 5) is 0. The molecule has 0 bridgehead atoms. The van der Waals surface area contributed by atoms with E-state index in [2.05, 4.69) is 5.10 Å². The van der Waals surface area contributed by atoms with Gasteiger partial charge in [0.15, 0.2) is 0 Å². The maximum absolute atomic E-state index is 4.45. The number of hydrogen-bond donors (Lipinski definition) is 0. The third kappa shape index (κ3) is 3.40. The van der Waals surface area contributed by atoms with E-state index >= 15 is 0 Å². The Morgan fingerprint density at radius 3 is 2.00 bits per heavy atom. The average molecular weight is 154 g/mol. The summed E-state index contributed by atoms with van der Waals surface area (Å²) in [6, 6.07) is 0. The van der Waals surface area contributed by atoms with Crippen LogP contribution in [-0.4, -0.2) is 24.8 Å². The van der Waals surface area contributed by atoms with Gasteiger partial charge in [0.2, 0.25) is 0 Å². The van der Waals surface area contributed by atoms with Gasteiger partial charge in [-0.25, -0.2) is 0 Å². The lowest BCUT2D eigenvalue weighted by Crippen LogP contribution is -2.07. The van der Waals surface area contributed by atoms with Gasteiger partial charge in [0.05, 0.1) is 0 Å². The minimum absolute atomic E-state index is 1.22. The Labute approximate surface area is 69.3 Å². The molecule has 64 valence electrons. The Morgan fingerprint density at radius 2 is 1.55 bits per heavy atom. The molecule has 0 aromatic carbocycles. The van der Waals surface area contributed by atoms with Crippen LogP contribution in [0.1, 0.15) is 38.5 Å². The third-order valence-electron chi connectivity index (χ3n) is 2.02. The molecule has 0 aliphatic heterocycles. The molecule has 0 heterocycles. The minimum atomic E-state index is 1.22. The summed E-state index contributed by atoms with van der Waals surface area (Å²) in [5, 5.41) is 6.36. The van der Waals surface area contributed by atoms with Gasteiger partial charge in [-0.3, -0.25) is 0 Å². The normalized spacial score (nSPS) is 19.3. The summed E-state index contributed by atoms with van der Waals surface area (Å²) in [5.74, 6) is 0. The monoisotopic (exact) mass is 154 g/mol. The maximum atomic E-state index is 4.45. The molecule has 1 aliphatic carbocycles. The number of hydrazone groups is 1. The van der Waals surface area contributed by atoms with Crippen LogP contribution in [0.4, 0.5) is 0 Å². The molecule has 0 spiro atoms. The van der Waals surface area contributed by atoms with Crippen molar-refractivity contribution in [2.75, 3.05) is 14.1 Å². The zero-order chi connectivity index (χ0) is 8.10. The van der Waals surface area contributed by atoms with E-state index in [9.17, 15) is 0 Å². The van der Waals surface area contributed by atoms with Crippen LogP contribution < -0.4 is 0 Å². The fourth-order valence-electron chi connectivity index (χ4n) is 1.52. The molecule has 2 heteroatoms. The van der Waals surface area contributed by atoms with Crippen LogP contribution in [0.25, 0.3) is 0 Å². The van der Waals surface area contributed by atoms with Crippen molar-refractivity contribution in [1.82, 2.24) is 5.01 Å². The molecule has 0 aromatic rings. The summed E-state index contributed by atoms with van der Waals surface area (Å²) < 4.78 is 0. The number of nitrogens with zero attached hydrogens (tertiary/aromatic N) is 2. The van der Waals surface area contributed by atoms with Crippen LogP contribution in [0.15, 0.2) is 5.10 Å². The molecule has 0 radical (unpaired) electrons. The zero-order valence-electron chi connectivity index (χ0n) is 7.64. The first-order valence-electron chi connectivity index (χ1n) is 4.53. The molecule has 0 saturated heterocycles. The second-order valence-electron chi connectivity index (χ2n) is 3.43. The average Bonchev–Trinajstić information content (AvgIpc) is 2.14. The van der Waals surface area contributed by atoms with Crippen LogP contribution in [0.2, 0.25) is 0 Å². The standard InChI is InChI=1S/C9H18N2/c1-11(2)10-9-7-5-3-4-6-8-9/h3-8H2,1-2H3. The molecule has 2 nitrogen and oxygen atoms in total. The Kier molecular flexibility index (Phi) is 3.40. The molecule has 0 aromatic heterocycles. The van der Waals surface area contributed by atoms with Gasteiger partial charge in [0.1, 0.15) is 0 Å². The van der Waals surface area contributed by atoms with Crippen LogP contribution >= 0.6 is 0 Å². The second-order valence-corrected chi connectivity index (χ2v) is 3.43. The smallest absolute Gasteiger partial charge is 0.0380 e. The summed E-state index contributed by atoms with van der Waals surface area (Å²) in [7, 11) is 4.00. The lowest BCUT2D eigenvalue weighted by atomic mass is 10.2. The van der Waals surface area contributed by atoms with E-state index in [1.807, 2.05) is 19.1 Å². The molecule has 0 amide bonds. The highest BCUT2D eigenvalue weighted by atomic mass is 15.4. The fourth-order valence-corrected chi connectivity index (χ4v) is 1.52. The quantitative estimate of drug-likeness (QED) is 0.418. The minimum Gasteiger partial charge on any atom is -0.303 e. The van der Waals surface area contributed by atoms with Crippen molar-refractivity contribution in [2.24, 2.45) is 5.10 Å². The molecule has 1 saturated carbocycles. The highest BCUT2D eigenvalue weighted by Gasteiger charge is 2.05. The van der Waals surface area contributed by atoms with Crippen LogP contribution in [0, 0.1) is 0 Å². The molecular formula is C9H18N2. The van der Waals surface area contributed by atoms with Crippen molar-refractivity contribution in [3.05, 3.63) is 0 Å². The van der Waals surface area contributed by atoms with Crippen molar-refractivity contribution in [3.63, 3.8) is 0 Å². The van der Waals surface area contributed by atoms with Crippen molar-refractivity contribution in [1.29, 1.82) is 0 Å². The fraction of sp³-hybridized carbons (Fsp3) is 0.889. The van der Waals surface area contributed by atoms with E-state index in [-0.39, 0.29) is 0 Å². The van der Waals surface area contributed by atoms with Crippen molar-refractivity contribution in [2.45, 2.75) is 38.5 Å². The first-order valence-corrected chi connectivity index (χ1v) is 4.53. The topological polar surface area (TPSA) is 15.6 Å². The molecule has 0 N–H and O–H groups in total.